The Morgan fingerprint density at radius 1 is 1.19 bits per heavy atom. The second kappa shape index (κ2) is 8.17. The lowest BCUT2D eigenvalue weighted by Gasteiger charge is -2.15. The van der Waals surface area contributed by atoms with Crippen LogP contribution in [0.5, 0.6) is 11.5 Å². The third kappa shape index (κ3) is 4.71. The van der Waals surface area contributed by atoms with E-state index in [0.717, 1.165) is 37.3 Å². The Labute approximate surface area is 145 Å². The van der Waals surface area contributed by atoms with Gasteiger partial charge in [0.1, 0.15) is 6.61 Å². The summed E-state index contributed by atoms with van der Waals surface area (Å²) in [5.41, 5.74) is 6.76. The zero-order valence-electron chi connectivity index (χ0n) is 11.7. The van der Waals surface area contributed by atoms with E-state index in [1.807, 2.05) is 24.4 Å². The summed E-state index contributed by atoms with van der Waals surface area (Å²) >= 11 is 8.67. The van der Waals surface area contributed by atoms with Crippen LogP contribution in [0.1, 0.15) is 17.4 Å². The van der Waals surface area contributed by atoms with Crippen LogP contribution >= 0.6 is 43.2 Å². The van der Waals surface area contributed by atoms with E-state index in [-0.39, 0.29) is 0 Å². The number of hydrogen-bond donors (Lipinski definition) is 1. The van der Waals surface area contributed by atoms with Gasteiger partial charge < -0.3 is 15.2 Å². The minimum Gasteiger partial charge on any atom is -0.490 e. The number of hydrogen-bond acceptors (Lipinski definition) is 4. The van der Waals surface area contributed by atoms with Crippen molar-refractivity contribution in [2.24, 2.45) is 5.73 Å². The van der Waals surface area contributed by atoms with Crippen molar-refractivity contribution in [3.63, 3.8) is 0 Å². The predicted octanol–water partition coefficient (Wildman–Crippen LogP) is 4.75. The summed E-state index contributed by atoms with van der Waals surface area (Å²) in [6.45, 7) is 3.69. The third-order valence-electron chi connectivity index (χ3n) is 2.78. The molecule has 2 rings (SSSR count). The monoisotopic (exact) mass is 433 g/mol. The van der Waals surface area contributed by atoms with Gasteiger partial charge in [0.25, 0.3) is 0 Å². The largest absolute Gasteiger partial charge is 0.490 e. The van der Waals surface area contributed by atoms with E-state index in [2.05, 4.69) is 37.9 Å². The summed E-state index contributed by atoms with van der Waals surface area (Å²) in [5.74, 6) is 1.49. The van der Waals surface area contributed by atoms with Gasteiger partial charge in [0, 0.05) is 14.7 Å². The molecule has 21 heavy (non-hydrogen) atoms. The van der Waals surface area contributed by atoms with Crippen LogP contribution in [0.15, 0.2) is 32.5 Å². The number of ether oxygens (including phenoxy) is 2. The van der Waals surface area contributed by atoms with Gasteiger partial charge in [-0.15, -0.1) is 11.3 Å². The van der Waals surface area contributed by atoms with Crippen LogP contribution in [-0.4, -0.2) is 13.2 Å². The molecule has 0 aliphatic rings. The van der Waals surface area contributed by atoms with Gasteiger partial charge in [0.05, 0.1) is 11.1 Å². The molecule has 0 amide bonds. The Hall–Kier alpha value is -0.560. The van der Waals surface area contributed by atoms with Crippen molar-refractivity contribution in [2.45, 2.75) is 20.0 Å². The standard InChI is InChI=1S/C15H17Br2NO2S/c1-2-19-14-6-10(3-4-18)5-13(17)15(14)20-8-12-7-11(16)9-21-12/h5-7,9H,2-4,8,18H2,1H3. The second-order valence-electron chi connectivity index (χ2n) is 4.40. The normalized spacial score (nSPS) is 10.7. The lowest BCUT2D eigenvalue weighted by atomic mass is 10.1. The highest BCUT2D eigenvalue weighted by molar-refractivity contribution is 9.10. The topological polar surface area (TPSA) is 44.5 Å². The molecule has 0 spiro atoms. The molecule has 1 heterocycles. The number of nitrogens with two attached hydrogens (primary N) is 1. The molecule has 114 valence electrons. The van der Waals surface area contributed by atoms with E-state index in [1.54, 1.807) is 11.3 Å². The fourth-order valence-corrected chi connectivity index (χ4v) is 3.87. The van der Waals surface area contributed by atoms with Gasteiger partial charge in [-0.25, -0.2) is 0 Å². The zero-order valence-corrected chi connectivity index (χ0v) is 15.7. The van der Waals surface area contributed by atoms with Crippen molar-refractivity contribution in [2.75, 3.05) is 13.2 Å². The van der Waals surface area contributed by atoms with Gasteiger partial charge in [-0.1, -0.05) is 0 Å². The molecule has 0 fully saturated rings. The van der Waals surface area contributed by atoms with Crippen molar-refractivity contribution >= 4 is 43.2 Å². The first-order chi connectivity index (χ1) is 10.1. The van der Waals surface area contributed by atoms with Crippen molar-refractivity contribution in [1.29, 1.82) is 0 Å². The van der Waals surface area contributed by atoms with E-state index >= 15 is 0 Å². The molecule has 0 radical (unpaired) electrons. The van der Waals surface area contributed by atoms with Crippen LogP contribution < -0.4 is 15.2 Å². The minimum absolute atomic E-state index is 0.519. The third-order valence-corrected chi connectivity index (χ3v) is 5.04. The average Bonchev–Trinajstić information content (AvgIpc) is 2.84. The Morgan fingerprint density at radius 2 is 2.00 bits per heavy atom. The first-order valence-corrected chi connectivity index (χ1v) is 9.11. The fraction of sp³-hybridized carbons (Fsp3) is 0.333. The summed E-state index contributed by atoms with van der Waals surface area (Å²) in [6.07, 6.45) is 0.816. The van der Waals surface area contributed by atoms with Gasteiger partial charge in [0.2, 0.25) is 0 Å². The van der Waals surface area contributed by atoms with E-state index in [0.29, 0.717) is 19.8 Å². The van der Waals surface area contributed by atoms with Gasteiger partial charge in [-0.05, 0) is 75.5 Å². The first-order valence-electron chi connectivity index (χ1n) is 6.65. The van der Waals surface area contributed by atoms with Crippen LogP contribution in [0.3, 0.4) is 0 Å². The van der Waals surface area contributed by atoms with Crippen LogP contribution in [0.2, 0.25) is 0 Å². The molecule has 6 heteroatoms. The zero-order chi connectivity index (χ0) is 15.2. The Morgan fingerprint density at radius 3 is 2.62 bits per heavy atom. The molecule has 0 unspecified atom stereocenters. The molecule has 0 bridgehead atoms. The number of thiophene rings is 1. The van der Waals surface area contributed by atoms with Gasteiger partial charge in [0.15, 0.2) is 11.5 Å². The molecule has 2 aromatic rings. The van der Waals surface area contributed by atoms with E-state index in [1.165, 1.54) is 0 Å². The van der Waals surface area contributed by atoms with Crippen LogP contribution in [-0.2, 0) is 13.0 Å². The highest BCUT2D eigenvalue weighted by Gasteiger charge is 2.13. The summed E-state index contributed by atoms with van der Waals surface area (Å²) in [6, 6.07) is 6.09. The minimum atomic E-state index is 0.519. The van der Waals surface area contributed by atoms with Crippen molar-refractivity contribution in [3.05, 3.63) is 43.0 Å². The lowest BCUT2D eigenvalue weighted by molar-refractivity contribution is 0.269. The Bertz CT molecular complexity index is 601. The number of halogens is 2. The average molecular weight is 435 g/mol. The Balaban J connectivity index is 2.19. The highest BCUT2D eigenvalue weighted by atomic mass is 79.9. The molecule has 0 aliphatic carbocycles. The maximum atomic E-state index is 5.94. The molecular formula is C15H17Br2NO2S. The van der Waals surface area contributed by atoms with Crippen molar-refractivity contribution in [1.82, 2.24) is 0 Å². The molecule has 2 N–H and O–H groups in total. The van der Waals surface area contributed by atoms with E-state index in [9.17, 15) is 0 Å². The SMILES string of the molecule is CCOc1cc(CCN)cc(Br)c1OCc1cc(Br)cs1. The predicted molar refractivity (Wildman–Crippen MR) is 94.4 cm³/mol. The lowest BCUT2D eigenvalue weighted by Crippen LogP contribution is -2.05. The first kappa shape index (κ1) is 16.8. The number of rotatable bonds is 7. The van der Waals surface area contributed by atoms with Crippen LogP contribution in [0, 0.1) is 0 Å². The molecule has 0 saturated carbocycles. The molecule has 0 atom stereocenters. The van der Waals surface area contributed by atoms with E-state index in [4.69, 9.17) is 15.2 Å². The summed E-state index contributed by atoms with van der Waals surface area (Å²) < 4.78 is 13.6. The molecule has 3 nitrogen and oxygen atoms in total. The Kier molecular flexibility index (Phi) is 6.54. The summed E-state index contributed by atoms with van der Waals surface area (Å²) in [5, 5.41) is 2.04. The number of benzene rings is 1. The van der Waals surface area contributed by atoms with Crippen LogP contribution in [0.4, 0.5) is 0 Å². The maximum Gasteiger partial charge on any atom is 0.175 e. The van der Waals surface area contributed by atoms with Crippen molar-refractivity contribution in [3.8, 4) is 11.5 Å². The molecule has 1 aromatic carbocycles. The smallest absolute Gasteiger partial charge is 0.175 e. The molecule has 0 saturated heterocycles. The fourth-order valence-electron chi connectivity index (χ4n) is 1.91. The van der Waals surface area contributed by atoms with Crippen LogP contribution in [0.25, 0.3) is 0 Å². The van der Waals surface area contributed by atoms with Gasteiger partial charge in [-0.2, -0.15) is 0 Å². The maximum absolute atomic E-state index is 5.94. The summed E-state index contributed by atoms with van der Waals surface area (Å²) in [7, 11) is 0. The second-order valence-corrected chi connectivity index (χ2v) is 7.16. The van der Waals surface area contributed by atoms with E-state index < -0.39 is 0 Å². The molecular weight excluding hydrogens is 418 g/mol. The van der Waals surface area contributed by atoms with Gasteiger partial charge in [-0.3, -0.25) is 0 Å². The van der Waals surface area contributed by atoms with Crippen molar-refractivity contribution < 1.29 is 9.47 Å². The molecule has 0 aliphatic heterocycles. The quantitative estimate of drug-likeness (QED) is 0.683. The van der Waals surface area contributed by atoms with Gasteiger partial charge >= 0.3 is 0 Å². The molecule has 1 aromatic heterocycles. The summed E-state index contributed by atoms with van der Waals surface area (Å²) in [4.78, 5) is 1.15. The highest BCUT2D eigenvalue weighted by Crippen LogP contribution is 2.38.